The van der Waals surface area contributed by atoms with Crippen molar-refractivity contribution < 1.29 is 8.42 Å². The van der Waals surface area contributed by atoms with E-state index in [1.54, 1.807) is 19.1 Å². The van der Waals surface area contributed by atoms with Crippen LogP contribution < -0.4 is 0 Å². The van der Waals surface area contributed by atoms with E-state index in [0.717, 1.165) is 9.87 Å². The van der Waals surface area contributed by atoms with Gasteiger partial charge in [-0.15, -0.1) is 0 Å². The van der Waals surface area contributed by atoms with Crippen molar-refractivity contribution in [3.8, 4) is 0 Å². The number of aliphatic imine (C=N–C) groups is 1. The number of hydrogen-bond acceptors (Lipinski definition) is 3. The molecular formula is C9H9ClN2O2S. The minimum atomic E-state index is -3.52. The van der Waals surface area contributed by atoms with E-state index in [2.05, 4.69) is 4.99 Å². The summed E-state index contributed by atoms with van der Waals surface area (Å²) in [4.78, 5) is 4.25. The first-order valence-electron chi connectivity index (χ1n) is 4.27. The fourth-order valence-electron chi connectivity index (χ4n) is 1.39. The Hall–Kier alpha value is -1.07. The van der Waals surface area contributed by atoms with Gasteiger partial charge in [0.05, 0.1) is 5.69 Å². The van der Waals surface area contributed by atoms with Gasteiger partial charge in [-0.2, -0.15) is 0 Å². The summed E-state index contributed by atoms with van der Waals surface area (Å²) < 4.78 is 24.8. The summed E-state index contributed by atoms with van der Waals surface area (Å²) in [5.41, 5.74) is 1.22. The average molecular weight is 245 g/mol. The van der Waals surface area contributed by atoms with Gasteiger partial charge in [-0.05, 0) is 30.2 Å². The Labute approximate surface area is 93.2 Å². The SMILES string of the molecule is Cc1cccc2c1N=C(Cl)N(C)S2(=O)=O. The summed E-state index contributed by atoms with van der Waals surface area (Å²) in [6.07, 6.45) is 0. The molecule has 0 aliphatic carbocycles. The van der Waals surface area contributed by atoms with Gasteiger partial charge in [-0.25, -0.2) is 17.7 Å². The monoisotopic (exact) mass is 244 g/mol. The normalized spacial score (nSPS) is 18.3. The van der Waals surface area contributed by atoms with Crippen LogP contribution in [0.2, 0.25) is 0 Å². The molecule has 1 aliphatic rings. The number of hydrogen-bond donors (Lipinski definition) is 0. The van der Waals surface area contributed by atoms with Crippen molar-refractivity contribution >= 4 is 32.6 Å². The zero-order chi connectivity index (χ0) is 11.2. The fourth-order valence-corrected chi connectivity index (χ4v) is 2.99. The number of benzene rings is 1. The molecule has 0 fully saturated rings. The highest BCUT2D eigenvalue weighted by Gasteiger charge is 2.30. The molecule has 1 aromatic carbocycles. The number of sulfonamides is 1. The molecule has 0 amide bonds. The quantitative estimate of drug-likeness (QED) is 0.654. The minimum Gasteiger partial charge on any atom is -0.243 e. The van der Waals surface area contributed by atoms with Crippen molar-refractivity contribution in [2.24, 2.45) is 4.99 Å². The Kier molecular flexibility index (Phi) is 2.24. The second-order valence-corrected chi connectivity index (χ2v) is 5.55. The average Bonchev–Trinajstić information content (AvgIpc) is 2.17. The Morgan fingerprint density at radius 2 is 2.07 bits per heavy atom. The first-order chi connectivity index (χ1) is 6.94. The summed E-state index contributed by atoms with van der Waals surface area (Å²) in [6.45, 7) is 1.80. The van der Waals surface area contributed by atoms with E-state index in [1.807, 2.05) is 0 Å². The number of fused-ring (bicyclic) bond motifs is 1. The van der Waals surface area contributed by atoms with E-state index in [-0.39, 0.29) is 10.2 Å². The summed E-state index contributed by atoms with van der Waals surface area (Å²) in [6, 6.07) is 5.02. The van der Waals surface area contributed by atoms with Crippen LogP contribution >= 0.6 is 11.6 Å². The number of para-hydroxylation sites is 1. The fraction of sp³-hybridized carbons (Fsp3) is 0.222. The van der Waals surface area contributed by atoms with Crippen LogP contribution in [0.25, 0.3) is 0 Å². The number of halogens is 1. The molecule has 0 unspecified atom stereocenters. The molecule has 15 heavy (non-hydrogen) atoms. The molecule has 0 saturated heterocycles. The first kappa shape index (κ1) is 10.4. The van der Waals surface area contributed by atoms with Crippen LogP contribution in [0.15, 0.2) is 28.1 Å². The van der Waals surface area contributed by atoms with E-state index in [9.17, 15) is 8.42 Å². The highest BCUT2D eigenvalue weighted by Crippen LogP contribution is 2.34. The van der Waals surface area contributed by atoms with Crippen molar-refractivity contribution in [1.82, 2.24) is 4.31 Å². The molecule has 0 saturated carbocycles. The van der Waals surface area contributed by atoms with Gasteiger partial charge in [0, 0.05) is 7.05 Å². The number of nitrogens with zero attached hydrogens (tertiary/aromatic N) is 2. The Balaban J connectivity index is 2.84. The third-order valence-electron chi connectivity index (χ3n) is 2.30. The van der Waals surface area contributed by atoms with Crippen LogP contribution in [0.3, 0.4) is 0 Å². The summed E-state index contributed by atoms with van der Waals surface area (Å²) >= 11 is 5.75. The molecule has 0 aromatic heterocycles. The Morgan fingerprint density at radius 1 is 1.40 bits per heavy atom. The van der Waals surface area contributed by atoms with Crippen LogP contribution in [0, 0.1) is 6.92 Å². The van der Waals surface area contributed by atoms with E-state index in [4.69, 9.17) is 11.6 Å². The first-order valence-corrected chi connectivity index (χ1v) is 6.09. The third-order valence-corrected chi connectivity index (χ3v) is 4.52. The van der Waals surface area contributed by atoms with Crippen LogP contribution in [0.5, 0.6) is 0 Å². The van der Waals surface area contributed by atoms with E-state index < -0.39 is 10.0 Å². The standard InChI is InChI=1S/C9H9ClN2O2S/c1-6-4-3-5-7-8(6)11-9(10)12(2)15(7,13)14/h3-5H,1-2H3. The highest BCUT2D eigenvalue weighted by molar-refractivity contribution is 7.90. The van der Waals surface area contributed by atoms with Crippen molar-refractivity contribution in [2.45, 2.75) is 11.8 Å². The van der Waals surface area contributed by atoms with Gasteiger partial charge in [-0.3, -0.25) is 0 Å². The van der Waals surface area contributed by atoms with E-state index in [0.29, 0.717) is 5.69 Å². The zero-order valence-corrected chi connectivity index (χ0v) is 9.80. The molecule has 0 N–H and O–H groups in total. The lowest BCUT2D eigenvalue weighted by Gasteiger charge is -2.23. The molecule has 1 heterocycles. The van der Waals surface area contributed by atoms with Crippen molar-refractivity contribution in [1.29, 1.82) is 0 Å². The zero-order valence-electron chi connectivity index (χ0n) is 8.23. The maximum absolute atomic E-state index is 11.9. The van der Waals surface area contributed by atoms with E-state index >= 15 is 0 Å². The number of rotatable bonds is 0. The molecule has 0 bridgehead atoms. The third kappa shape index (κ3) is 1.42. The van der Waals surface area contributed by atoms with Crippen LogP contribution in [0.4, 0.5) is 5.69 Å². The van der Waals surface area contributed by atoms with Crippen molar-refractivity contribution in [3.63, 3.8) is 0 Å². The predicted molar refractivity (Wildman–Crippen MR) is 59.1 cm³/mol. The van der Waals surface area contributed by atoms with Gasteiger partial charge in [0.25, 0.3) is 10.0 Å². The van der Waals surface area contributed by atoms with Gasteiger partial charge in [0.1, 0.15) is 4.90 Å². The molecule has 80 valence electrons. The van der Waals surface area contributed by atoms with E-state index in [1.165, 1.54) is 13.1 Å². The molecular weight excluding hydrogens is 236 g/mol. The minimum absolute atomic E-state index is 0.0307. The molecule has 0 spiro atoms. The van der Waals surface area contributed by atoms with Crippen LogP contribution in [-0.2, 0) is 10.0 Å². The summed E-state index contributed by atoms with van der Waals surface area (Å²) in [5, 5.41) is -0.0307. The van der Waals surface area contributed by atoms with Gasteiger partial charge in [0.2, 0.25) is 5.29 Å². The molecule has 0 atom stereocenters. The highest BCUT2D eigenvalue weighted by atomic mass is 35.5. The molecule has 6 heteroatoms. The summed E-state index contributed by atoms with van der Waals surface area (Å²) in [5.74, 6) is 0. The van der Waals surface area contributed by atoms with Crippen molar-refractivity contribution in [3.05, 3.63) is 23.8 Å². The largest absolute Gasteiger partial charge is 0.268 e. The second kappa shape index (κ2) is 3.21. The second-order valence-electron chi connectivity index (χ2n) is 3.28. The van der Waals surface area contributed by atoms with Gasteiger partial charge < -0.3 is 0 Å². The lowest BCUT2D eigenvalue weighted by molar-refractivity contribution is 0.552. The van der Waals surface area contributed by atoms with Gasteiger partial charge >= 0.3 is 0 Å². The Bertz CT molecular complexity index is 551. The topological polar surface area (TPSA) is 49.7 Å². The lowest BCUT2D eigenvalue weighted by Crippen LogP contribution is -2.32. The number of amidine groups is 1. The summed E-state index contributed by atoms with van der Waals surface area (Å²) in [7, 11) is -2.14. The smallest absolute Gasteiger partial charge is 0.243 e. The van der Waals surface area contributed by atoms with Crippen LogP contribution in [-0.4, -0.2) is 25.1 Å². The maximum Gasteiger partial charge on any atom is 0.268 e. The molecule has 1 aliphatic heterocycles. The molecule has 0 radical (unpaired) electrons. The van der Waals surface area contributed by atoms with Crippen molar-refractivity contribution in [2.75, 3.05) is 7.05 Å². The van der Waals surface area contributed by atoms with Gasteiger partial charge in [0.15, 0.2) is 0 Å². The molecule has 2 rings (SSSR count). The van der Waals surface area contributed by atoms with Gasteiger partial charge in [-0.1, -0.05) is 12.1 Å². The van der Waals surface area contributed by atoms with Crippen LogP contribution in [0.1, 0.15) is 5.56 Å². The molecule has 4 nitrogen and oxygen atoms in total. The number of aryl methyl sites for hydroxylation is 1. The Morgan fingerprint density at radius 3 is 2.73 bits per heavy atom. The maximum atomic E-state index is 11.9. The molecule has 1 aromatic rings. The lowest BCUT2D eigenvalue weighted by atomic mass is 10.2. The predicted octanol–water partition coefficient (Wildman–Crippen LogP) is 1.86.